The number of likely N-dealkylation sites (tertiary alicyclic amines) is 1. The predicted octanol–water partition coefficient (Wildman–Crippen LogP) is 0.618. The Balaban J connectivity index is 1.72. The molecule has 2 aliphatic rings. The maximum Gasteiger partial charge on any atom is 0.152 e. The molecular weight excluding hydrogens is 216 g/mol. The molecule has 0 aliphatic carbocycles. The zero-order valence-corrected chi connectivity index (χ0v) is 11.0. The Morgan fingerprint density at radius 3 is 2.88 bits per heavy atom. The van der Waals surface area contributed by atoms with Gasteiger partial charge in [0.1, 0.15) is 0 Å². The highest BCUT2D eigenvalue weighted by Gasteiger charge is 2.26. The highest BCUT2D eigenvalue weighted by atomic mass is 16.5. The van der Waals surface area contributed by atoms with E-state index < -0.39 is 0 Å². The van der Waals surface area contributed by atoms with Gasteiger partial charge in [-0.15, -0.1) is 0 Å². The molecule has 0 aromatic rings. The van der Waals surface area contributed by atoms with Crippen molar-refractivity contribution in [2.75, 3.05) is 46.9 Å². The fourth-order valence-electron chi connectivity index (χ4n) is 2.82. The van der Waals surface area contributed by atoms with Gasteiger partial charge >= 0.3 is 0 Å². The number of hydrogen-bond acceptors (Lipinski definition) is 4. The molecular formula is C13H24N2O2. The molecule has 98 valence electrons. The summed E-state index contributed by atoms with van der Waals surface area (Å²) in [6, 6.07) is 0.632. The lowest BCUT2D eigenvalue weighted by molar-refractivity contribution is -0.123. The van der Waals surface area contributed by atoms with Gasteiger partial charge in [0.15, 0.2) is 5.78 Å². The van der Waals surface area contributed by atoms with Crippen LogP contribution >= 0.6 is 0 Å². The molecule has 4 nitrogen and oxygen atoms in total. The third kappa shape index (κ3) is 3.50. The lowest BCUT2D eigenvalue weighted by atomic mass is 10.0. The maximum absolute atomic E-state index is 12.0. The molecule has 2 fully saturated rings. The van der Waals surface area contributed by atoms with Crippen molar-refractivity contribution in [2.24, 2.45) is 5.92 Å². The Kier molecular flexibility index (Phi) is 4.54. The summed E-state index contributed by atoms with van der Waals surface area (Å²) < 4.78 is 5.26. The number of nitrogens with zero attached hydrogens (tertiary/aromatic N) is 2. The smallest absolute Gasteiger partial charge is 0.152 e. The van der Waals surface area contributed by atoms with Gasteiger partial charge in [0, 0.05) is 25.1 Å². The number of ketones is 1. The van der Waals surface area contributed by atoms with E-state index in [1.54, 1.807) is 0 Å². The van der Waals surface area contributed by atoms with Gasteiger partial charge in [-0.25, -0.2) is 0 Å². The molecule has 2 aliphatic heterocycles. The molecule has 0 N–H and O–H groups in total. The minimum absolute atomic E-state index is 0.152. The van der Waals surface area contributed by atoms with Crippen LogP contribution in [0.2, 0.25) is 0 Å². The lowest BCUT2D eigenvalue weighted by Gasteiger charge is -2.25. The lowest BCUT2D eigenvalue weighted by Crippen LogP contribution is -2.40. The zero-order chi connectivity index (χ0) is 12.3. The fourth-order valence-corrected chi connectivity index (χ4v) is 2.82. The van der Waals surface area contributed by atoms with Crippen LogP contribution in [0.1, 0.15) is 19.3 Å². The second-order valence-electron chi connectivity index (χ2n) is 5.50. The van der Waals surface area contributed by atoms with Crippen molar-refractivity contribution >= 4 is 5.78 Å². The van der Waals surface area contributed by atoms with Gasteiger partial charge in [0.2, 0.25) is 0 Å². The van der Waals surface area contributed by atoms with Crippen molar-refractivity contribution in [1.82, 2.24) is 9.80 Å². The second kappa shape index (κ2) is 5.94. The van der Waals surface area contributed by atoms with Gasteiger partial charge in [-0.2, -0.15) is 0 Å². The van der Waals surface area contributed by atoms with E-state index in [-0.39, 0.29) is 5.92 Å². The van der Waals surface area contributed by atoms with Crippen molar-refractivity contribution in [3.05, 3.63) is 0 Å². The second-order valence-corrected chi connectivity index (χ2v) is 5.50. The Morgan fingerprint density at radius 2 is 2.29 bits per heavy atom. The normalized spacial score (nSPS) is 30.3. The van der Waals surface area contributed by atoms with Crippen molar-refractivity contribution in [3.63, 3.8) is 0 Å². The summed E-state index contributed by atoms with van der Waals surface area (Å²) in [4.78, 5) is 16.6. The molecule has 2 atom stereocenters. The van der Waals surface area contributed by atoms with Crippen LogP contribution in [0.25, 0.3) is 0 Å². The number of carbonyl (C=O) groups excluding carboxylic acids is 1. The third-order valence-electron chi connectivity index (χ3n) is 4.00. The summed E-state index contributed by atoms with van der Waals surface area (Å²) in [7, 11) is 4.23. The van der Waals surface area contributed by atoms with Gasteiger partial charge in [-0.05, 0) is 39.9 Å². The van der Waals surface area contributed by atoms with E-state index in [0.29, 0.717) is 25.0 Å². The number of likely N-dealkylation sites (N-methyl/N-ethyl adjacent to an activating group) is 2. The quantitative estimate of drug-likeness (QED) is 0.705. The first-order valence-electron chi connectivity index (χ1n) is 6.66. The first kappa shape index (κ1) is 13.0. The molecule has 4 heteroatoms. The minimum atomic E-state index is 0.152. The van der Waals surface area contributed by atoms with Gasteiger partial charge in [-0.1, -0.05) is 0 Å². The zero-order valence-electron chi connectivity index (χ0n) is 11.0. The van der Waals surface area contributed by atoms with Crippen molar-refractivity contribution < 1.29 is 9.53 Å². The molecule has 17 heavy (non-hydrogen) atoms. The highest BCUT2D eigenvalue weighted by Crippen LogP contribution is 2.17. The molecule has 2 rings (SSSR count). The summed E-state index contributed by atoms with van der Waals surface area (Å²) in [6.07, 6.45) is 3.47. The minimum Gasteiger partial charge on any atom is -0.381 e. The van der Waals surface area contributed by atoms with Crippen molar-refractivity contribution in [3.8, 4) is 0 Å². The molecule has 2 unspecified atom stereocenters. The van der Waals surface area contributed by atoms with E-state index in [4.69, 9.17) is 4.74 Å². The van der Waals surface area contributed by atoms with E-state index in [1.165, 1.54) is 19.4 Å². The van der Waals surface area contributed by atoms with E-state index in [9.17, 15) is 4.79 Å². The molecule has 2 saturated heterocycles. The molecule has 0 bridgehead atoms. The van der Waals surface area contributed by atoms with Gasteiger partial charge in [0.25, 0.3) is 0 Å². The monoisotopic (exact) mass is 240 g/mol. The van der Waals surface area contributed by atoms with Crippen LogP contribution in [0, 0.1) is 5.92 Å². The summed E-state index contributed by atoms with van der Waals surface area (Å²) in [5.74, 6) is 0.504. The average molecular weight is 240 g/mol. The van der Waals surface area contributed by atoms with Crippen molar-refractivity contribution in [2.45, 2.75) is 25.3 Å². The third-order valence-corrected chi connectivity index (χ3v) is 4.00. The summed E-state index contributed by atoms with van der Waals surface area (Å²) >= 11 is 0. The van der Waals surface area contributed by atoms with E-state index in [1.807, 2.05) is 0 Å². The molecule has 2 heterocycles. The number of rotatable bonds is 5. The van der Waals surface area contributed by atoms with Crippen LogP contribution in [0.3, 0.4) is 0 Å². The number of carbonyl (C=O) groups is 1. The van der Waals surface area contributed by atoms with Crippen LogP contribution in [-0.2, 0) is 9.53 Å². The maximum atomic E-state index is 12.0. The first-order chi connectivity index (χ1) is 8.16. The SMILES string of the molecule is CN(CC(=O)C1CCOC1)CC1CCCN1C. The Labute approximate surface area is 104 Å². The van der Waals surface area contributed by atoms with Crippen LogP contribution in [0.4, 0.5) is 0 Å². The van der Waals surface area contributed by atoms with Crippen LogP contribution in [-0.4, -0.2) is 68.6 Å². The largest absolute Gasteiger partial charge is 0.381 e. The fraction of sp³-hybridized carbons (Fsp3) is 0.923. The molecule has 0 aromatic carbocycles. The molecule has 0 spiro atoms. The summed E-state index contributed by atoms with van der Waals surface area (Å²) in [5.41, 5.74) is 0. The van der Waals surface area contributed by atoms with Gasteiger partial charge < -0.3 is 9.64 Å². The number of Topliss-reactive ketones (excluding diaryl/α,β-unsaturated/α-hetero) is 1. The predicted molar refractivity (Wildman–Crippen MR) is 67.1 cm³/mol. The molecule has 0 aromatic heterocycles. The van der Waals surface area contributed by atoms with Crippen LogP contribution in [0.5, 0.6) is 0 Å². The Hall–Kier alpha value is -0.450. The highest BCUT2D eigenvalue weighted by molar-refractivity contribution is 5.83. The van der Waals surface area contributed by atoms with E-state index in [2.05, 4.69) is 23.9 Å². The van der Waals surface area contributed by atoms with E-state index in [0.717, 1.165) is 19.6 Å². The van der Waals surface area contributed by atoms with Crippen LogP contribution < -0.4 is 0 Å². The van der Waals surface area contributed by atoms with Gasteiger partial charge in [-0.3, -0.25) is 9.69 Å². The standard InChI is InChI=1S/C13H24N2O2/c1-14(8-12-4-3-6-15(12)2)9-13(16)11-5-7-17-10-11/h11-12H,3-10H2,1-2H3. The first-order valence-corrected chi connectivity index (χ1v) is 6.66. The van der Waals surface area contributed by atoms with Crippen molar-refractivity contribution in [1.29, 1.82) is 0 Å². The van der Waals surface area contributed by atoms with Gasteiger partial charge in [0.05, 0.1) is 13.2 Å². The van der Waals surface area contributed by atoms with E-state index >= 15 is 0 Å². The van der Waals surface area contributed by atoms with Crippen LogP contribution in [0.15, 0.2) is 0 Å². The summed E-state index contributed by atoms with van der Waals surface area (Å²) in [6.45, 7) is 4.18. The molecule has 0 saturated carbocycles. The molecule has 0 radical (unpaired) electrons. The average Bonchev–Trinajstić information content (AvgIpc) is 2.90. The summed E-state index contributed by atoms with van der Waals surface area (Å²) in [5, 5.41) is 0. The topological polar surface area (TPSA) is 32.8 Å². The Bertz CT molecular complexity index is 264. The Morgan fingerprint density at radius 1 is 1.47 bits per heavy atom. The number of ether oxygens (including phenoxy) is 1. The molecule has 0 amide bonds. The number of hydrogen-bond donors (Lipinski definition) is 0.